The number of esters is 1. The molecule has 0 radical (unpaired) electrons. The van der Waals surface area contributed by atoms with Gasteiger partial charge in [0.15, 0.2) is 0 Å². The Morgan fingerprint density at radius 3 is 2.23 bits per heavy atom. The van der Waals surface area contributed by atoms with Gasteiger partial charge in [-0.3, -0.25) is 9.59 Å². The number of benzene rings is 1. The summed E-state index contributed by atoms with van der Waals surface area (Å²) in [6, 6.07) is 3.53. The van der Waals surface area contributed by atoms with Crippen molar-refractivity contribution in [3.63, 3.8) is 0 Å². The maximum absolute atomic E-state index is 14.1. The lowest BCUT2D eigenvalue weighted by atomic mass is 9.76. The molecule has 3 rings (SSSR count). The maximum Gasteiger partial charge on any atom is 0.339 e. The molecule has 302 valence electrons. The normalized spacial score (nSPS) is 28.3. The van der Waals surface area contributed by atoms with Crippen LogP contribution in [-0.2, 0) is 25.5 Å². The summed E-state index contributed by atoms with van der Waals surface area (Å²) in [4.78, 5) is 39.4. The first-order valence-electron chi connectivity index (χ1n) is 20.9. The van der Waals surface area contributed by atoms with Gasteiger partial charge < -0.3 is 29.5 Å². The second-order valence-corrected chi connectivity index (χ2v) is 16.6. The van der Waals surface area contributed by atoms with Gasteiger partial charge in [0.25, 0.3) is 0 Å². The molecule has 2 fully saturated rings. The first-order valence-corrected chi connectivity index (χ1v) is 20.9. The van der Waals surface area contributed by atoms with Crippen LogP contribution in [0.25, 0.3) is 0 Å². The third kappa shape index (κ3) is 11.1. The number of carbonyl (C=O) groups excluding carboxylic acids is 2. The molecule has 9 heteroatoms. The number of rotatable bonds is 22. The Labute approximate surface area is 319 Å². The van der Waals surface area contributed by atoms with E-state index < -0.39 is 41.1 Å². The molecule has 1 aromatic carbocycles. The number of carboxylic acids is 1. The highest BCUT2D eigenvalue weighted by Gasteiger charge is 2.55. The Morgan fingerprint density at radius 2 is 1.64 bits per heavy atom. The summed E-state index contributed by atoms with van der Waals surface area (Å²) in [6.07, 6.45) is 10.9. The predicted octanol–water partition coefficient (Wildman–Crippen LogP) is 9.18. The Morgan fingerprint density at radius 1 is 0.981 bits per heavy atom. The monoisotopic (exact) mass is 745 g/mol. The molecule has 53 heavy (non-hydrogen) atoms. The van der Waals surface area contributed by atoms with Crippen molar-refractivity contribution in [1.82, 2.24) is 0 Å². The number of aliphatic hydroxyl groups is 2. The first-order chi connectivity index (χ1) is 25.1. The Bertz CT molecular complexity index is 1340. The molecule has 2 aliphatic heterocycles. The topological polar surface area (TPSA) is 140 Å². The third-order valence-corrected chi connectivity index (χ3v) is 12.8. The highest BCUT2D eigenvalue weighted by atomic mass is 16.6. The van der Waals surface area contributed by atoms with E-state index in [-0.39, 0.29) is 53.7 Å². The molecular formula is C44H72O9. The molecule has 2 heterocycles. The van der Waals surface area contributed by atoms with Crippen LogP contribution < -0.4 is 4.74 Å². The number of hydrogen-bond acceptors (Lipinski definition) is 8. The van der Waals surface area contributed by atoms with Crippen molar-refractivity contribution in [2.75, 3.05) is 0 Å². The molecule has 2 saturated heterocycles. The quantitative estimate of drug-likeness (QED) is 0.0602. The van der Waals surface area contributed by atoms with Crippen LogP contribution in [-0.4, -0.2) is 68.7 Å². The van der Waals surface area contributed by atoms with Gasteiger partial charge in [0.1, 0.15) is 17.1 Å². The summed E-state index contributed by atoms with van der Waals surface area (Å²) in [5.41, 5.74) is -0.271. The van der Waals surface area contributed by atoms with E-state index in [9.17, 15) is 29.7 Å². The number of Topliss-reactive ketones (excluding diaryl/α,β-unsaturated/α-hetero) is 1. The number of aliphatic hydroxyl groups excluding tert-OH is 1. The molecule has 0 aliphatic carbocycles. The molecule has 1 aromatic rings. The van der Waals surface area contributed by atoms with Gasteiger partial charge in [0, 0.05) is 18.3 Å². The molecule has 0 unspecified atom stereocenters. The van der Waals surface area contributed by atoms with Gasteiger partial charge in [-0.1, -0.05) is 99.1 Å². The number of carbonyl (C=O) groups is 3. The zero-order chi connectivity index (χ0) is 39.5. The van der Waals surface area contributed by atoms with Gasteiger partial charge in [-0.15, -0.1) is 0 Å². The molecular weight excluding hydrogens is 672 g/mol. The van der Waals surface area contributed by atoms with Gasteiger partial charge in [0.2, 0.25) is 0 Å². The van der Waals surface area contributed by atoms with Crippen LogP contribution >= 0.6 is 0 Å². The smallest absolute Gasteiger partial charge is 0.339 e. The zero-order valence-corrected chi connectivity index (χ0v) is 34.4. The molecule has 9 nitrogen and oxygen atoms in total. The van der Waals surface area contributed by atoms with E-state index in [1.54, 1.807) is 26.0 Å². The van der Waals surface area contributed by atoms with Crippen molar-refractivity contribution in [3.8, 4) is 5.75 Å². The number of carboxylic acid groups (broad SMARTS) is 1. The molecule has 2 aliphatic rings. The van der Waals surface area contributed by atoms with Crippen LogP contribution in [0, 0.1) is 30.6 Å². The lowest BCUT2D eigenvalue weighted by molar-refractivity contribution is -0.229. The van der Waals surface area contributed by atoms with Crippen LogP contribution in [0.3, 0.4) is 0 Å². The van der Waals surface area contributed by atoms with Gasteiger partial charge in [0.05, 0.1) is 35.6 Å². The van der Waals surface area contributed by atoms with E-state index in [0.717, 1.165) is 32.1 Å². The Kier molecular flexibility index (Phi) is 17.5. The van der Waals surface area contributed by atoms with Gasteiger partial charge in [-0.2, -0.15) is 0 Å². The summed E-state index contributed by atoms with van der Waals surface area (Å²) < 4.78 is 19.0. The number of aryl methyl sites for hydroxylation is 2. The number of ketones is 1. The van der Waals surface area contributed by atoms with Crippen LogP contribution in [0.1, 0.15) is 173 Å². The molecule has 10 atom stereocenters. The van der Waals surface area contributed by atoms with Crippen molar-refractivity contribution in [3.05, 3.63) is 28.8 Å². The number of unbranched alkanes of at least 4 members (excludes halogenated alkanes) is 6. The van der Waals surface area contributed by atoms with Gasteiger partial charge in [-0.05, 0) is 94.6 Å². The fraction of sp³-hybridized carbons (Fsp3) is 0.795. The first kappa shape index (κ1) is 45.1. The van der Waals surface area contributed by atoms with Crippen LogP contribution in [0.4, 0.5) is 0 Å². The van der Waals surface area contributed by atoms with Crippen molar-refractivity contribution in [1.29, 1.82) is 0 Å². The molecule has 0 aromatic heterocycles. The maximum atomic E-state index is 14.1. The molecule has 0 saturated carbocycles. The zero-order valence-electron chi connectivity index (χ0n) is 34.4. The van der Waals surface area contributed by atoms with Crippen molar-refractivity contribution in [2.24, 2.45) is 23.7 Å². The second-order valence-electron chi connectivity index (χ2n) is 16.6. The lowest BCUT2D eigenvalue weighted by Crippen LogP contribution is -2.55. The van der Waals surface area contributed by atoms with E-state index in [4.69, 9.17) is 14.2 Å². The third-order valence-electron chi connectivity index (χ3n) is 12.8. The predicted molar refractivity (Wildman–Crippen MR) is 208 cm³/mol. The summed E-state index contributed by atoms with van der Waals surface area (Å²) in [5.74, 6) is -2.74. The van der Waals surface area contributed by atoms with E-state index in [2.05, 4.69) is 20.8 Å². The molecule has 0 bridgehead atoms. The summed E-state index contributed by atoms with van der Waals surface area (Å²) in [6.45, 7) is 17.8. The lowest BCUT2D eigenvalue weighted by Gasteiger charge is -2.47. The van der Waals surface area contributed by atoms with Crippen LogP contribution in [0.15, 0.2) is 12.1 Å². The fourth-order valence-corrected chi connectivity index (χ4v) is 8.96. The number of aromatic carboxylic acids is 1. The van der Waals surface area contributed by atoms with E-state index in [1.807, 2.05) is 27.7 Å². The minimum absolute atomic E-state index is 0.0164. The number of ether oxygens (including phenoxy) is 3. The van der Waals surface area contributed by atoms with Crippen LogP contribution in [0.5, 0.6) is 5.75 Å². The minimum atomic E-state index is -1.16. The standard InChI is InChI=1S/C44H72O9/c1-10-14-15-16-17-18-19-20-36(45)52-41-29(6)22-24-33(37(41)42(48)49)23-21-28(5)38(46)31(8)39(47)34(11-2)40-30(7)27-44(13-4,53-40)35-25-26-43(50,12-3)32(9)51-35/h22,24,28,30-32,34-35,38,40,46,50H,10-21,23,25-27H2,1-9H3,(H,48,49)/t28-,30+,31+,32+,34+,35-,38+,40+,43-,44+/m1/s1. The molecule has 0 spiro atoms. The van der Waals surface area contributed by atoms with Crippen LogP contribution in [0.2, 0.25) is 0 Å². The highest BCUT2D eigenvalue weighted by molar-refractivity contribution is 5.94. The minimum Gasteiger partial charge on any atom is -0.478 e. The SMILES string of the molecule is CCCCCCCCCC(=O)Oc1c(C)ccc(CC[C@@H](C)[C@H](O)[C@H](C)C(=O)[C@H](CC)[C@H]2O[C@](CC)([C@H]3CC[C@](O)(CC)[C@H](C)O3)C[C@@H]2C)c1C(=O)O. The van der Waals surface area contributed by atoms with E-state index >= 15 is 0 Å². The summed E-state index contributed by atoms with van der Waals surface area (Å²) >= 11 is 0. The van der Waals surface area contributed by atoms with E-state index in [0.29, 0.717) is 56.1 Å². The highest BCUT2D eigenvalue weighted by Crippen LogP contribution is 2.48. The van der Waals surface area contributed by atoms with Crippen molar-refractivity contribution in [2.45, 2.75) is 201 Å². The average Bonchev–Trinajstić information content (AvgIpc) is 3.48. The largest absolute Gasteiger partial charge is 0.478 e. The van der Waals surface area contributed by atoms with Crippen molar-refractivity contribution >= 4 is 17.7 Å². The summed E-state index contributed by atoms with van der Waals surface area (Å²) in [7, 11) is 0. The molecule has 0 amide bonds. The summed E-state index contributed by atoms with van der Waals surface area (Å²) in [5, 5.41) is 32.7. The second kappa shape index (κ2) is 20.5. The molecule has 3 N–H and O–H groups in total. The van der Waals surface area contributed by atoms with Gasteiger partial charge >= 0.3 is 11.9 Å². The Hall–Kier alpha value is -2.33. The number of hydrogen-bond donors (Lipinski definition) is 3. The fourth-order valence-electron chi connectivity index (χ4n) is 8.96. The average molecular weight is 745 g/mol. The van der Waals surface area contributed by atoms with Crippen molar-refractivity contribution < 1.29 is 43.9 Å². The Balaban J connectivity index is 1.64. The van der Waals surface area contributed by atoms with Gasteiger partial charge in [-0.25, -0.2) is 4.79 Å². The van der Waals surface area contributed by atoms with E-state index in [1.165, 1.54) is 19.3 Å².